The zero-order valence-corrected chi connectivity index (χ0v) is 12.6. The topological polar surface area (TPSA) is 38.3 Å². The molecule has 0 heterocycles. The molecule has 1 fully saturated rings. The first kappa shape index (κ1) is 14.6. The van der Waals surface area contributed by atoms with E-state index in [0.29, 0.717) is 5.75 Å². The first-order valence-corrected chi connectivity index (χ1v) is 7.96. The van der Waals surface area contributed by atoms with Crippen LogP contribution in [0.15, 0.2) is 54.6 Å². The summed E-state index contributed by atoms with van der Waals surface area (Å²) >= 11 is 0. The Labute approximate surface area is 131 Å². The van der Waals surface area contributed by atoms with Crippen molar-refractivity contribution in [3.8, 4) is 11.5 Å². The van der Waals surface area contributed by atoms with Gasteiger partial charge in [-0.25, -0.2) is 0 Å². The third-order valence-electron chi connectivity index (χ3n) is 4.09. The van der Waals surface area contributed by atoms with Gasteiger partial charge in [-0.2, -0.15) is 0 Å². The number of benzene rings is 2. The molecule has 3 heteroatoms. The predicted octanol–water partition coefficient (Wildman–Crippen LogP) is 5.00. The van der Waals surface area contributed by atoms with Gasteiger partial charge in [0.1, 0.15) is 5.75 Å². The number of carbonyl (C=O) groups is 1. The summed E-state index contributed by atoms with van der Waals surface area (Å²) in [5, 5.41) is 3.04. The molecule has 3 nitrogen and oxygen atoms in total. The first-order valence-electron chi connectivity index (χ1n) is 7.96. The lowest BCUT2D eigenvalue weighted by Crippen LogP contribution is -2.24. The summed E-state index contributed by atoms with van der Waals surface area (Å²) in [7, 11) is 0. The fourth-order valence-corrected chi connectivity index (χ4v) is 2.87. The van der Waals surface area contributed by atoms with Gasteiger partial charge in [-0.1, -0.05) is 49.6 Å². The molecule has 2 aromatic rings. The molecule has 0 saturated heterocycles. The van der Waals surface area contributed by atoms with Gasteiger partial charge in [0.25, 0.3) is 0 Å². The van der Waals surface area contributed by atoms with Crippen LogP contribution in [0, 0.1) is 5.92 Å². The zero-order chi connectivity index (χ0) is 15.2. The lowest BCUT2D eigenvalue weighted by molar-refractivity contribution is -0.120. The summed E-state index contributed by atoms with van der Waals surface area (Å²) in [6.07, 6.45) is 5.54. The molecule has 0 aliphatic heterocycles. The SMILES string of the molecule is O=C(Nc1ccccc1Oc1ccccc1)C1CCCCC1. The molecule has 0 radical (unpaired) electrons. The molecule has 0 aromatic heterocycles. The van der Waals surface area contributed by atoms with E-state index in [1.165, 1.54) is 6.42 Å². The normalized spacial score (nSPS) is 15.3. The van der Waals surface area contributed by atoms with Crippen molar-refractivity contribution in [1.29, 1.82) is 0 Å². The number of carbonyl (C=O) groups excluding carboxylic acids is 1. The van der Waals surface area contributed by atoms with E-state index < -0.39 is 0 Å². The summed E-state index contributed by atoms with van der Waals surface area (Å²) in [4.78, 5) is 12.4. The van der Waals surface area contributed by atoms with Crippen LogP contribution in [0.2, 0.25) is 0 Å². The average Bonchev–Trinajstić information content (AvgIpc) is 2.58. The number of hydrogen-bond acceptors (Lipinski definition) is 2. The molecule has 0 spiro atoms. The molecule has 1 saturated carbocycles. The standard InChI is InChI=1S/C19H21NO2/c21-19(15-9-3-1-4-10-15)20-17-13-7-8-14-18(17)22-16-11-5-2-6-12-16/h2,5-8,11-15H,1,3-4,9-10H2,(H,20,21). The molecule has 2 aromatic carbocycles. The highest BCUT2D eigenvalue weighted by molar-refractivity contribution is 5.94. The molecule has 22 heavy (non-hydrogen) atoms. The van der Waals surface area contributed by atoms with Crippen molar-refractivity contribution in [1.82, 2.24) is 0 Å². The molecule has 114 valence electrons. The molecule has 3 rings (SSSR count). The maximum absolute atomic E-state index is 12.4. The van der Waals surface area contributed by atoms with Gasteiger partial charge < -0.3 is 10.1 Å². The highest BCUT2D eigenvalue weighted by Gasteiger charge is 2.21. The van der Waals surface area contributed by atoms with E-state index >= 15 is 0 Å². The molecule has 1 aliphatic rings. The van der Waals surface area contributed by atoms with Crippen molar-refractivity contribution in [3.05, 3.63) is 54.6 Å². The van der Waals surface area contributed by atoms with Gasteiger partial charge in [-0.3, -0.25) is 4.79 Å². The fraction of sp³-hybridized carbons (Fsp3) is 0.316. The summed E-state index contributed by atoms with van der Waals surface area (Å²) in [5.41, 5.74) is 0.738. The Kier molecular flexibility index (Phi) is 4.74. The Morgan fingerprint density at radius 1 is 0.909 bits per heavy atom. The lowest BCUT2D eigenvalue weighted by Gasteiger charge is -2.21. The number of amides is 1. The van der Waals surface area contributed by atoms with Crippen molar-refractivity contribution in [2.24, 2.45) is 5.92 Å². The Hall–Kier alpha value is -2.29. The maximum Gasteiger partial charge on any atom is 0.227 e. The molecule has 0 bridgehead atoms. The van der Waals surface area contributed by atoms with Gasteiger partial charge in [-0.05, 0) is 37.1 Å². The molecule has 1 amide bonds. The van der Waals surface area contributed by atoms with Crippen LogP contribution in [0.3, 0.4) is 0 Å². The van der Waals surface area contributed by atoms with E-state index in [0.717, 1.165) is 37.1 Å². The van der Waals surface area contributed by atoms with Crippen LogP contribution in [0.1, 0.15) is 32.1 Å². The molecular weight excluding hydrogens is 274 g/mol. The Morgan fingerprint density at radius 2 is 1.59 bits per heavy atom. The number of ether oxygens (including phenoxy) is 1. The third-order valence-corrected chi connectivity index (χ3v) is 4.09. The minimum Gasteiger partial charge on any atom is -0.455 e. The minimum atomic E-state index is 0.115. The predicted molar refractivity (Wildman–Crippen MR) is 88.2 cm³/mol. The highest BCUT2D eigenvalue weighted by atomic mass is 16.5. The van der Waals surface area contributed by atoms with Crippen molar-refractivity contribution in [3.63, 3.8) is 0 Å². The Bertz CT molecular complexity index is 618. The van der Waals surface area contributed by atoms with Gasteiger partial charge in [0.05, 0.1) is 5.69 Å². The molecular formula is C19H21NO2. The van der Waals surface area contributed by atoms with Gasteiger partial charge in [0, 0.05) is 5.92 Å². The lowest BCUT2D eigenvalue weighted by atomic mass is 9.88. The smallest absolute Gasteiger partial charge is 0.227 e. The second-order valence-corrected chi connectivity index (χ2v) is 5.74. The maximum atomic E-state index is 12.4. The van der Waals surface area contributed by atoms with E-state index in [9.17, 15) is 4.79 Å². The van der Waals surface area contributed by atoms with E-state index in [2.05, 4.69) is 5.32 Å². The largest absolute Gasteiger partial charge is 0.455 e. The van der Waals surface area contributed by atoms with Crippen molar-refractivity contribution in [2.75, 3.05) is 5.32 Å². The third kappa shape index (κ3) is 3.67. The second kappa shape index (κ2) is 7.12. The van der Waals surface area contributed by atoms with Crippen molar-refractivity contribution >= 4 is 11.6 Å². The van der Waals surface area contributed by atoms with Crippen LogP contribution < -0.4 is 10.1 Å². The van der Waals surface area contributed by atoms with E-state index in [1.54, 1.807) is 0 Å². The van der Waals surface area contributed by atoms with Crippen molar-refractivity contribution < 1.29 is 9.53 Å². The zero-order valence-electron chi connectivity index (χ0n) is 12.6. The minimum absolute atomic E-state index is 0.115. The van der Waals surface area contributed by atoms with E-state index in [1.807, 2.05) is 54.6 Å². The van der Waals surface area contributed by atoms with Crippen molar-refractivity contribution in [2.45, 2.75) is 32.1 Å². The summed E-state index contributed by atoms with van der Waals surface area (Å²) in [6.45, 7) is 0. The van der Waals surface area contributed by atoms with Crippen LogP contribution >= 0.6 is 0 Å². The molecule has 0 unspecified atom stereocenters. The van der Waals surface area contributed by atoms with E-state index in [4.69, 9.17) is 4.74 Å². The Morgan fingerprint density at radius 3 is 2.36 bits per heavy atom. The Balaban J connectivity index is 1.72. The summed E-state index contributed by atoms with van der Waals surface area (Å²) in [6, 6.07) is 17.2. The van der Waals surface area contributed by atoms with Gasteiger partial charge in [-0.15, -0.1) is 0 Å². The number of rotatable bonds is 4. The summed E-state index contributed by atoms with van der Waals surface area (Å²) in [5.74, 6) is 1.70. The number of para-hydroxylation sites is 3. The first-order chi connectivity index (χ1) is 10.8. The molecule has 1 aliphatic carbocycles. The molecule has 1 N–H and O–H groups in total. The number of hydrogen-bond donors (Lipinski definition) is 1. The van der Waals surface area contributed by atoms with Crippen LogP contribution in [-0.4, -0.2) is 5.91 Å². The average molecular weight is 295 g/mol. The highest BCUT2D eigenvalue weighted by Crippen LogP contribution is 2.31. The van der Waals surface area contributed by atoms with Gasteiger partial charge in [0.2, 0.25) is 5.91 Å². The van der Waals surface area contributed by atoms with Crippen LogP contribution in [0.25, 0.3) is 0 Å². The number of anilines is 1. The van der Waals surface area contributed by atoms with Gasteiger partial charge in [0.15, 0.2) is 5.75 Å². The van der Waals surface area contributed by atoms with Crippen LogP contribution in [0.5, 0.6) is 11.5 Å². The monoisotopic (exact) mass is 295 g/mol. The van der Waals surface area contributed by atoms with E-state index in [-0.39, 0.29) is 11.8 Å². The quantitative estimate of drug-likeness (QED) is 0.862. The molecule has 0 atom stereocenters. The van der Waals surface area contributed by atoms with Crippen LogP contribution in [-0.2, 0) is 4.79 Å². The fourth-order valence-electron chi connectivity index (χ4n) is 2.87. The second-order valence-electron chi connectivity index (χ2n) is 5.74. The van der Waals surface area contributed by atoms with Gasteiger partial charge >= 0.3 is 0 Å². The number of nitrogens with one attached hydrogen (secondary N) is 1. The van der Waals surface area contributed by atoms with Crippen LogP contribution in [0.4, 0.5) is 5.69 Å². The summed E-state index contributed by atoms with van der Waals surface area (Å²) < 4.78 is 5.88.